The zero-order chi connectivity index (χ0) is 22.5. The summed E-state index contributed by atoms with van der Waals surface area (Å²) in [6.07, 6.45) is 8.38. The van der Waals surface area contributed by atoms with Crippen LogP contribution in [0.3, 0.4) is 0 Å². The van der Waals surface area contributed by atoms with Crippen LogP contribution in [0.2, 0.25) is 0 Å². The van der Waals surface area contributed by atoms with Crippen LogP contribution in [0.15, 0.2) is 41.5 Å². The molecule has 5 nitrogen and oxygen atoms in total. The molecule has 1 unspecified atom stereocenters. The number of quaternary nitrogens is 1. The van der Waals surface area contributed by atoms with Gasteiger partial charge in [0.25, 0.3) is 0 Å². The van der Waals surface area contributed by atoms with Crippen LogP contribution in [0.25, 0.3) is 0 Å². The monoisotopic (exact) mass is 426 g/mol. The largest absolute Gasteiger partial charge is 0.492 e. The number of nitrogens with one attached hydrogen (secondary N) is 1. The topological polar surface area (TPSA) is 49.2 Å². The Morgan fingerprint density at radius 3 is 2.77 bits per heavy atom. The van der Waals surface area contributed by atoms with Gasteiger partial charge < -0.3 is 19.1 Å². The Balaban J connectivity index is 1.72. The van der Waals surface area contributed by atoms with E-state index in [1.165, 1.54) is 21.6 Å². The number of benzene rings is 1. The molecule has 0 fully saturated rings. The van der Waals surface area contributed by atoms with E-state index in [0.29, 0.717) is 29.9 Å². The van der Waals surface area contributed by atoms with Crippen molar-refractivity contribution in [2.75, 3.05) is 27.5 Å². The van der Waals surface area contributed by atoms with Crippen molar-refractivity contribution < 1.29 is 23.9 Å². The normalized spacial score (nSPS) is 19.6. The highest BCUT2D eigenvalue weighted by molar-refractivity contribution is 5.95. The first kappa shape index (κ1) is 23.1. The van der Waals surface area contributed by atoms with Gasteiger partial charge in [0.2, 0.25) is 12.5 Å². The van der Waals surface area contributed by atoms with Crippen LogP contribution < -0.4 is 19.1 Å². The molecule has 0 saturated heterocycles. The molecule has 2 aliphatic rings. The minimum atomic E-state index is 0.0141. The Hall–Kier alpha value is -2.53. The average Bonchev–Trinajstić information content (AvgIpc) is 3.20. The predicted molar refractivity (Wildman–Crippen MR) is 123 cm³/mol. The van der Waals surface area contributed by atoms with E-state index in [1.807, 2.05) is 0 Å². The van der Waals surface area contributed by atoms with E-state index >= 15 is 0 Å². The Bertz CT molecular complexity index is 908. The molecule has 1 aromatic rings. The van der Waals surface area contributed by atoms with E-state index in [-0.39, 0.29) is 18.6 Å². The van der Waals surface area contributed by atoms with Crippen LogP contribution in [0.5, 0.6) is 17.2 Å². The summed E-state index contributed by atoms with van der Waals surface area (Å²) in [6.45, 7) is 11.6. The zero-order valence-corrected chi connectivity index (χ0v) is 19.6. The van der Waals surface area contributed by atoms with E-state index in [2.05, 4.69) is 52.6 Å². The molecule has 0 saturated carbocycles. The summed E-state index contributed by atoms with van der Waals surface area (Å²) in [5.41, 5.74) is 5.56. The number of Topliss-reactive ketones (excluding diaryl/α,β-unsaturated/α-hetero) is 1. The van der Waals surface area contributed by atoms with Crippen molar-refractivity contribution in [3.05, 3.63) is 52.6 Å². The Kier molecular flexibility index (Phi) is 7.60. The maximum atomic E-state index is 13.1. The lowest BCUT2D eigenvalue weighted by Gasteiger charge is -2.32. The van der Waals surface area contributed by atoms with E-state index in [0.717, 1.165) is 37.1 Å². The molecule has 0 aromatic heterocycles. The van der Waals surface area contributed by atoms with Gasteiger partial charge in [0.05, 0.1) is 32.7 Å². The molecule has 5 heteroatoms. The molecule has 1 aromatic carbocycles. The first-order valence-corrected chi connectivity index (χ1v) is 11.1. The molecular weight excluding hydrogens is 390 g/mol. The van der Waals surface area contributed by atoms with Gasteiger partial charge in [0, 0.05) is 6.42 Å². The lowest BCUT2D eigenvalue weighted by atomic mass is 9.87. The van der Waals surface area contributed by atoms with Crippen LogP contribution in [0, 0.1) is 0 Å². The van der Waals surface area contributed by atoms with E-state index < -0.39 is 0 Å². The molecule has 31 heavy (non-hydrogen) atoms. The number of ether oxygens (including phenoxy) is 3. The second-order valence-electron chi connectivity index (χ2n) is 8.92. The maximum Gasteiger partial charge on any atom is 0.231 e. The molecule has 3 rings (SSSR count). The van der Waals surface area contributed by atoms with Gasteiger partial charge in [-0.15, -0.1) is 0 Å². The summed E-state index contributed by atoms with van der Waals surface area (Å²) in [5, 5.41) is 0. The second kappa shape index (κ2) is 10.2. The van der Waals surface area contributed by atoms with Crippen molar-refractivity contribution in [1.29, 1.82) is 0 Å². The predicted octanol–water partition coefficient (Wildman–Crippen LogP) is 4.13. The molecule has 0 aliphatic carbocycles. The molecule has 2 heterocycles. The van der Waals surface area contributed by atoms with Crippen LogP contribution >= 0.6 is 0 Å². The molecular formula is C26H36NO4+. The minimum absolute atomic E-state index is 0.0141. The third-order valence-corrected chi connectivity index (χ3v) is 6.25. The van der Waals surface area contributed by atoms with Crippen LogP contribution in [-0.4, -0.2) is 33.3 Å². The highest BCUT2D eigenvalue weighted by atomic mass is 16.7. The quantitative estimate of drug-likeness (QED) is 0.476. The molecule has 1 N–H and O–H groups in total. The Morgan fingerprint density at radius 1 is 1.29 bits per heavy atom. The van der Waals surface area contributed by atoms with Crippen molar-refractivity contribution in [2.24, 2.45) is 0 Å². The number of carbonyl (C=O) groups excluding carboxylic acids is 1. The van der Waals surface area contributed by atoms with Crippen molar-refractivity contribution in [1.82, 2.24) is 0 Å². The number of carbonyl (C=O) groups is 1. The molecule has 0 radical (unpaired) electrons. The van der Waals surface area contributed by atoms with Gasteiger partial charge in [-0.3, -0.25) is 4.79 Å². The van der Waals surface area contributed by atoms with Gasteiger partial charge in [-0.1, -0.05) is 29.9 Å². The summed E-state index contributed by atoms with van der Waals surface area (Å²) in [5.74, 6) is 2.22. The van der Waals surface area contributed by atoms with Gasteiger partial charge in [0.1, 0.15) is 6.04 Å². The number of fused-ring (bicyclic) bond motifs is 2. The number of allylic oxidation sites excluding steroid dienone is 5. The second-order valence-corrected chi connectivity index (χ2v) is 8.92. The van der Waals surface area contributed by atoms with Crippen LogP contribution in [-0.2, 0) is 11.2 Å². The van der Waals surface area contributed by atoms with Crippen LogP contribution in [0.4, 0.5) is 0 Å². The lowest BCUT2D eigenvalue weighted by molar-refractivity contribution is -0.914. The van der Waals surface area contributed by atoms with Gasteiger partial charge in [-0.05, 0) is 57.2 Å². The lowest BCUT2D eigenvalue weighted by Crippen LogP contribution is -3.10. The van der Waals surface area contributed by atoms with Crippen molar-refractivity contribution in [2.45, 2.75) is 58.9 Å². The highest BCUT2D eigenvalue weighted by Gasteiger charge is 2.37. The number of rotatable bonds is 9. The smallest absolute Gasteiger partial charge is 0.231 e. The number of hydrogen-bond donors (Lipinski definition) is 1. The Morgan fingerprint density at radius 2 is 2.06 bits per heavy atom. The van der Waals surface area contributed by atoms with Gasteiger partial charge in [-0.25, -0.2) is 0 Å². The fourth-order valence-electron chi connectivity index (χ4n) is 4.33. The number of likely N-dealkylation sites (N-methyl/N-ethyl adjacent to an activating group) is 1. The maximum absolute atomic E-state index is 13.1. The summed E-state index contributed by atoms with van der Waals surface area (Å²) in [6, 6.07) is 2.07. The third-order valence-electron chi connectivity index (χ3n) is 6.25. The minimum Gasteiger partial charge on any atom is -0.492 e. The fraction of sp³-hybridized carbons (Fsp3) is 0.500. The summed E-state index contributed by atoms with van der Waals surface area (Å²) < 4.78 is 17.0. The number of hydrogen-bond acceptors (Lipinski definition) is 4. The van der Waals surface area contributed by atoms with Crippen molar-refractivity contribution in [3.8, 4) is 17.2 Å². The van der Waals surface area contributed by atoms with Gasteiger partial charge in [0.15, 0.2) is 17.3 Å². The summed E-state index contributed by atoms with van der Waals surface area (Å²) in [4.78, 5) is 14.4. The Labute approximate surface area is 186 Å². The molecule has 2 aliphatic heterocycles. The molecule has 0 bridgehead atoms. The molecule has 0 amide bonds. The first-order chi connectivity index (χ1) is 14.8. The SMILES string of the molecule is C=C(C/C=C(\C)CCC=C(C)C)C(=O)C[C@H]1c2c(cc3c(c2OC)OCO3)CC[NH+]1C. The number of ketones is 1. The molecule has 168 valence electrons. The van der Waals surface area contributed by atoms with Gasteiger partial charge in [-0.2, -0.15) is 0 Å². The van der Waals surface area contributed by atoms with Crippen molar-refractivity contribution >= 4 is 5.78 Å². The van der Waals surface area contributed by atoms with E-state index in [9.17, 15) is 4.79 Å². The molecule has 2 atom stereocenters. The zero-order valence-electron chi connectivity index (χ0n) is 19.6. The average molecular weight is 427 g/mol. The van der Waals surface area contributed by atoms with E-state index in [1.54, 1.807) is 7.11 Å². The summed E-state index contributed by atoms with van der Waals surface area (Å²) >= 11 is 0. The van der Waals surface area contributed by atoms with E-state index in [4.69, 9.17) is 14.2 Å². The fourth-order valence-corrected chi connectivity index (χ4v) is 4.33. The third kappa shape index (κ3) is 5.40. The highest BCUT2D eigenvalue weighted by Crippen LogP contribution is 2.47. The van der Waals surface area contributed by atoms with Gasteiger partial charge >= 0.3 is 0 Å². The molecule has 0 spiro atoms. The summed E-state index contributed by atoms with van der Waals surface area (Å²) in [7, 11) is 3.79. The first-order valence-electron chi connectivity index (χ1n) is 11.1. The van der Waals surface area contributed by atoms with Crippen molar-refractivity contribution in [3.63, 3.8) is 0 Å². The van der Waals surface area contributed by atoms with Crippen LogP contribution in [0.1, 0.15) is 63.6 Å². The number of methoxy groups -OCH3 is 1. The standard InChI is InChI=1S/C26H35NO4/c1-17(2)8-7-9-18(3)10-11-19(4)22(28)15-21-24-20(12-13-27(21)5)14-23-25(26(24)29-6)31-16-30-23/h8,10,14,21H,4,7,9,11-13,15-16H2,1-3,5-6H3/p+1/b18-10+/t21-/m0/s1.